The Kier molecular flexibility index (Phi) is 4.46. The van der Waals surface area contributed by atoms with E-state index in [2.05, 4.69) is 5.32 Å². The van der Waals surface area contributed by atoms with E-state index < -0.39 is 5.97 Å². The van der Waals surface area contributed by atoms with Gasteiger partial charge in [0.05, 0.1) is 10.6 Å². The van der Waals surface area contributed by atoms with Crippen molar-refractivity contribution in [3.05, 3.63) is 58.6 Å². The Bertz CT molecular complexity index is 767. The largest absolute Gasteiger partial charge is 0.478 e. The van der Waals surface area contributed by atoms with Crippen LogP contribution < -0.4 is 5.32 Å². The smallest absolute Gasteiger partial charge is 0.337 e. The number of carbonyl (C=O) groups is 2. The summed E-state index contributed by atoms with van der Waals surface area (Å²) in [6, 6.07) is 12.1. The highest BCUT2D eigenvalue weighted by Gasteiger charge is 2.25. The Hall–Kier alpha value is -2.17. The Labute approximate surface area is 139 Å². The zero-order valence-electron chi connectivity index (χ0n) is 12.4. The van der Waals surface area contributed by atoms with Crippen LogP contribution in [-0.4, -0.2) is 29.9 Å². The lowest BCUT2D eigenvalue weighted by Gasteiger charge is -2.13. The highest BCUT2D eigenvalue weighted by atomic mass is 35.5. The van der Waals surface area contributed by atoms with E-state index in [0.29, 0.717) is 12.1 Å². The van der Waals surface area contributed by atoms with Crippen molar-refractivity contribution in [3.8, 4) is 11.1 Å². The predicted octanol–water partition coefficient (Wildman–Crippen LogP) is 3.50. The van der Waals surface area contributed by atoms with Crippen LogP contribution in [0.1, 0.15) is 27.1 Å². The van der Waals surface area contributed by atoms with Gasteiger partial charge in [0.25, 0.3) is 0 Å². The Balaban J connectivity index is 2.02. The van der Waals surface area contributed by atoms with Crippen molar-refractivity contribution in [2.45, 2.75) is 6.42 Å². The van der Waals surface area contributed by atoms with Crippen LogP contribution in [-0.2, 0) is 0 Å². The second-order valence-electron chi connectivity index (χ2n) is 5.60. The van der Waals surface area contributed by atoms with Gasteiger partial charge in [-0.15, -0.1) is 0 Å². The molecule has 0 bridgehead atoms. The molecule has 0 aromatic heterocycles. The van der Waals surface area contributed by atoms with Gasteiger partial charge >= 0.3 is 5.97 Å². The third kappa shape index (κ3) is 3.14. The third-order valence-electron chi connectivity index (χ3n) is 4.13. The molecule has 1 atom stereocenters. The van der Waals surface area contributed by atoms with E-state index in [1.165, 1.54) is 6.07 Å². The van der Waals surface area contributed by atoms with Gasteiger partial charge in [0.15, 0.2) is 5.78 Å². The quantitative estimate of drug-likeness (QED) is 0.843. The van der Waals surface area contributed by atoms with Gasteiger partial charge in [0, 0.05) is 18.0 Å². The normalized spacial score (nSPS) is 17.2. The minimum Gasteiger partial charge on any atom is -0.478 e. The molecule has 3 rings (SSSR count). The van der Waals surface area contributed by atoms with Crippen LogP contribution in [0.4, 0.5) is 0 Å². The van der Waals surface area contributed by atoms with Gasteiger partial charge in [-0.25, -0.2) is 4.79 Å². The molecular formula is C18H16ClNO3. The van der Waals surface area contributed by atoms with E-state index >= 15 is 0 Å². The number of hydrogen-bond donors (Lipinski definition) is 2. The molecule has 0 aliphatic carbocycles. The van der Waals surface area contributed by atoms with E-state index in [4.69, 9.17) is 16.7 Å². The summed E-state index contributed by atoms with van der Waals surface area (Å²) in [5.74, 6) is -0.961. The van der Waals surface area contributed by atoms with E-state index in [-0.39, 0.29) is 22.3 Å². The first-order valence-electron chi connectivity index (χ1n) is 7.45. The second-order valence-corrected chi connectivity index (χ2v) is 6.01. The van der Waals surface area contributed by atoms with Crippen molar-refractivity contribution in [1.29, 1.82) is 0 Å². The van der Waals surface area contributed by atoms with Crippen molar-refractivity contribution < 1.29 is 14.7 Å². The van der Waals surface area contributed by atoms with Crippen molar-refractivity contribution in [3.63, 3.8) is 0 Å². The number of rotatable bonds is 4. The number of benzene rings is 2. The molecule has 1 fully saturated rings. The van der Waals surface area contributed by atoms with Crippen molar-refractivity contribution >= 4 is 23.4 Å². The summed E-state index contributed by atoms with van der Waals surface area (Å²) in [7, 11) is 0. The first-order valence-corrected chi connectivity index (χ1v) is 7.83. The number of carbonyl (C=O) groups excluding carboxylic acids is 1. The minimum absolute atomic E-state index is 0.00934. The zero-order valence-corrected chi connectivity index (χ0v) is 13.1. The third-order valence-corrected chi connectivity index (χ3v) is 4.45. The van der Waals surface area contributed by atoms with Crippen LogP contribution in [0, 0.1) is 5.92 Å². The van der Waals surface area contributed by atoms with Gasteiger partial charge in [0.2, 0.25) is 0 Å². The fourth-order valence-electron chi connectivity index (χ4n) is 2.90. The fraction of sp³-hybridized carbons (Fsp3) is 0.222. The van der Waals surface area contributed by atoms with Gasteiger partial charge in [-0.3, -0.25) is 4.79 Å². The lowest BCUT2D eigenvalue weighted by Crippen LogP contribution is -2.18. The molecule has 2 aromatic rings. The Morgan fingerprint density at radius 1 is 1.13 bits per heavy atom. The molecule has 1 aliphatic rings. The molecule has 5 heteroatoms. The molecule has 0 saturated carbocycles. The molecule has 0 radical (unpaired) electrons. The molecule has 1 unspecified atom stereocenters. The maximum atomic E-state index is 12.7. The summed E-state index contributed by atoms with van der Waals surface area (Å²) in [6.07, 6.45) is 0.839. The van der Waals surface area contributed by atoms with E-state index in [1.54, 1.807) is 12.1 Å². The number of carboxylic acids is 1. The Morgan fingerprint density at radius 3 is 2.57 bits per heavy atom. The first-order chi connectivity index (χ1) is 11.1. The molecular weight excluding hydrogens is 314 g/mol. The SMILES string of the molecule is O=C(O)c1ccc(-c2ccccc2C(=O)C2CCNC2)cc1Cl. The molecule has 2 aromatic carbocycles. The molecule has 1 heterocycles. The molecule has 0 amide bonds. The summed E-state index contributed by atoms with van der Waals surface area (Å²) < 4.78 is 0. The van der Waals surface area contributed by atoms with E-state index in [0.717, 1.165) is 24.1 Å². The van der Waals surface area contributed by atoms with Gasteiger partial charge in [-0.05, 0) is 36.2 Å². The maximum Gasteiger partial charge on any atom is 0.337 e. The molecule has 118 valence electrons. The van der Waals surface area contributed by atoms with Gasteiger partial charge < -0.3 is 10.4 Å². The second kappa shape index (κ2) is 6.52. The lowest BCUT2D eigenvalue weighted by molar-refractivity contribution is 0.0696. The molecule has 23 heavy (non-hydrogen) atoms. The highest BCUT2D eigenvalue weighted by Crippen LogP contribution is 2.30. The number of carboxylic acid groups (broad SMARTS) is 1. The summed E-state index contributed by atoms with van der Waals surface area (Å²) in [5, 5.41) is 12.4. The number of aromatic carboxylic acids is 1. The lowest BCUT2D eigenvalue weighted by atomic mass is 9.90. The summed E-state index contributed by atoms with van der Waals surface area (Å²) >= 11 is 6.06. The monoisotopic (exact) mass is 329 g/mol. The van der Waals surface area contributed by atoms with Crippen molar-refractivity contribution in [2.75, 3.05) is 13.1 Å². The number of halogens is 1. The van der Waals surface area contributed by atoms with Gasteiger partial charge in [-0.2, -0.15) is 0 Å². The average Bonchev–Trinajstić information content (AvgIpc) is 3.08. The molecule has 2 N–H and O–H groups in total. The van der Waals surface area contributed by atoms with Crippen molar-refractivity contribution in [1.82, 2.24) is 5.32 Å². The van der Waals surface area contributed by atoms with Crippen LogP contribution in [0.2, 0.25) is 5.02 Å². The number of hydrogen-bond acceptors (Lipinski definition) is 3. The van der Waals surface area contributed by atoms with Gasteiger partial charge in [0.1, 0.15) is 0 Å². The average molecular weight is 330 g/mol. The van der Waals surface area contributed by atoms with Crippen LogP contribution >= 0.6 is 11.6 Å². The standard InChI is InChI=1S/C18H16ClNO3/c19-16-9-11(5-6-15(16)18(22)23)13-3-1-2-4-14(13)17(21)12-7-8-20-10-12/h1-6,9,12,20H,7-8,10H2,(H,22,23). The highest BCUT2D eigenvalue weighted by molar-refractivity contribution is 6.33. The van der Waals surface area contributed by atoms with Crippen molar-refractivity contribution in [2.24, 2.45) is 5.92 Å². The number of nitrogens with one attached hydrogen (secondary N) is 1. The fourth-order valence-corrected chi connectivity index (χ4v) is 3.17. The van der Waals surface area contributed by atoms with Crippen LogP contribution in [0.15, 0.2) is 42.5 Å². The zero-order chi connectivity index (χ0) is 16.4. The van der Waals surface area contributed by atoms with Crippen LogP contribution in [0.25, 0.3) is 11.1 Å². The Morgan fingerprint density at radius 2 is 1.91 bits per heavy atom. The summed E-state index contributed by atoms with van der Waals surface area (Å²) in [5.41, 5.74) is 2.23. The topological polar surface area (TPSA) is 66.4 Å². The minimum atomic E-state index is -1.07. The van der Waals surface area contributed by atoms with Crippen LogP contribution in [0.5, 0.6) is 0 Å². The molecule has 4 nitrogen and oxygen atoms in total. The molecule has 1 saturated heterocycles. The van der Waals surface area contributed by atoms with Gasteiger partial charge in [-0.1, -0.05) is 41.9 Å². The van der Waals surface area contributed by atoms with Crippen LogP contribution in [0.3, 0.4) is 0 Å². The molecule has 1 aliphatic heterocycles. The van der Waals surface area contributed by atoms with E-state index in [9.17, 15) is 9.59 Å². The maximum absolute atomic E-state index is 12.7. The molecule has 0 spiro atoms. The predicted molar refractivity (Wildman–Crippen MR) is 89.2 cm³/mol. The first kappa shape index (κ1) is 15.7. The number of Topliss-reactive ketones (excluding diaryl/α,β-unsaturated/α-hetero) is 1. The summed E-state index contributed by atoms with van der Waals surface area (Å²) in [4.78, 5) is 23.8. The van der Waals surface area contributed by atoms with E-state index in [1.807, 2.05) is 24.3 Å². The number of ketones is 1. The summed E-state index contributed by atoms with van der Waals surface area (Å²) in [6.45, 7) is 1.56.